The maximum Gasteiger partial charge on any atom is 0.342 e. The van der Waals surface area contributed by atoms with E-state index in [0.29, 0.717) is 11.1 Å². The third-order valence-electron chi connectivity index (χ3n) is 3.40. The zero-order valence-electron chi connectivity index (χ0n) is 12.2. The van der Waals surface area contributed by atoms with Gasteiger partial charge in [-0.05, 0) is 37.4 Å². The van der Waals surface area contributed by atoms with Crippen molar-refractivity contribution in [1.82, 2.24) is 0 Å². The van der Waals surface area contributed by atoms with Gasteiger partial charge in [-0.15, -0.1) is 0 Å². The minimum atomic E-state index is -1.91. The highest BCUT2D eigenvalue weighted by Gasteiger charge is 2.37. The number of aliphatic hydroxyl groups is 1. The van der Waals surface area contributed by atoms with Crippen molar-refractivity contribution < 1.29 is 24.5 Å². The summed E-state index contributed by atoms with van der Waals surface area (Å²) < 4.78 is 9.97. The number of carbonyl (C=O) groups excluding carboxylic acids is 1. The van der Waals surface area contributed by atoms with E-state index < -0.39 is 11.6 Å². The summed E-state index contributed by atoms with van der Waals surface area (Å²) in [7, 11) is 1.56. The maximum absolute atomic E-state index is 11.9. The molecule has 0 aliphatic rings. The molecule has 0 bridgehead atoms. The Hall–Kier alpha value is -2.27. The zero-order chi connectivity index (χ0) is 15.6. The number of phenolic OH excluding ortho intramolecular Hbond substituents is 1. The molecule has 0 spiro atoms. The quantitative estimate of drug-likeness (QED) is 0.845. The van der Waals surface area contributed by atoms with Gasteiger partial charge in [0.1, 0.15) is 11.5 Å². The summed E-state index contributed by atoms with van der Waals surface area (Å²) in [6, 6.07) is 8.35. The highest BCUT2D eigenvalue weighted by Crippen LogP contribution is 2.37. The van der Waals surface area contributed by atoms with Gasteiger partial charge < -0.3 is 19.7 Å². The van der Waals surface area contributed by atoms with Crippen LogP contribution in [0, 0.1) is 0 Å². The van der Waals surface area contributed by atoms with Crippen LogP contribution in [0.3, 0.4) is 0 Å². The van der Waals surface area contributed by atoms with E-state index in [-0.39, 0.29) is 17.9 Å². The number of phenols is 1. The Bertz CT molecular complexity index is 676. The van der Waals surface area contributed by atoms with Crippen molar-refractivity contribution in [1.29, 1.82) is 0 Å². The summed E-state index contributed by atoms with van der Waals surface area (Å²) in [6.07, 6.45) is 0. The molecule has 0 amide bonds. The Morgan fingerprint density at radius 1 is 1.29 bits per heavy atom. The number of hydrogen-bond donors (Lipinski definition) is 2. The molecule has 2 rings (SSSR count). The van der Waals surface area contributed by atoms with Crippen molar-refractivity contribution in [3.05, 3.63) is 35.9 Å². The number of esters is 1. The van der Waals surface area contributed by atoms with Crippen molar-refractivity contribution in [3.8, 4) is 11.5 Å². The Labute approximate surface area is 122 Å². The number of ether oxygens (including phenoxy) is 2. The molecule has 0 saturated carbocycles. The van der Waals surface area contributed by atoms with Gasteiger partial charge in [-0.2, -0.15) is 0 Å². The molecule has 2 aromatic carbocycles. The average molecular weight is 290 g/mol. The van der Waals surface area contributed by atoms with Crippen LogP contribution in [-0.4, -0.2) is 29.9 Å². The van der Waals surface area contributed by atoms with Crippen LogP contribution in [0.25, 0.3) is 10.8 Å². The average Bonchev–Trinajstić information content (AvgIpc) is 2.47. The van der Waals surface area contributed by atoms with Crippen molar-refractivity contribution >= 4 is 16.7 Å². The zero-order valence-corrected chi connectivity index (χ0v) is 12.2. The Kier molecular flexibility index (Phi) is 4.04. The smallest absolute Gasteiger partial charge is 0.342 e. The molecule has 21 heavy (non-hydrogen) atoms. The number of methoxy groups -OCH3 is 1. The first-order chi connectivity index (χ1) is 9.91. The van der Waals surface area contributed by atoms with Gasteiger partial charge in [-0.25, -0.2) is 4.79 Å². The second kappa shape index (κ2) is 5.61. The fourth-order valence-electron chi connectivity index (χ4n) is 2.19. The van der Waals surface area contributed by atoms with Crippen molar-refractivity contribution in [2.24, 2.45) is 0 Å². The van der Waals surface area contributed by atoms with E-state index in [1.165, 1.54) is 13.0 Å². The molecule has 0 fully saturated rings. The number of rotatable bonds is 4. The fraction of sp³-hybridized carbons (Fsp3) is 0.312. The van der Waals surface area contributed by atoms with Crippen LogP contribution in [0.4, 0.5) is 0 Å². The predicted octanol–water partition coefficient (Wildman–Crippen LogP) is 2.32. The summed E-state index contributed by atoms with van der Waals surface area (Å²) in [5.41, 5.74) is -1.80. The van der Waals surface area contributed by atoms with E-state index in [2.05, 4.69) is 0 Å². The number of hydrogen-bond acceptors (Lipinski definition) is 5. The highest BCUT2D eigenvalue weighted by atomic mass is 16.5. The topological polar surface area (TPSA) is 76.0 Å². The van der Waals surface area contributed by atoms with E-state index in [0.717, 1.165) is 5.39 Å². The van der Waals surface area contributed by atoms with E-state index >= 15 is 0 Å². The molecule has 0 aliphatic carbocycles. The van der Waals surface area contributed by atoms with Crippen LogP contribution in [0.2, 0.25) is 0 Å². The highest BCUT2D eigenvalue weighted by molar-refractivity contribution is 5.93. The van der Waals surface area contributed by atoms with Crippen LogP contribution in [0.5, 0.6) is 11.5 Å². The summed E-state index contributed by atoms with van der Waals surface area (Å²) in [5.74, 6) is -0.284. The molecule has 112 valence electrons. The van der Waals surface area contributed by atoms with Gasteiger partial charge in [0.2, 0.25) is 0 Å². The molecule has 0 heterocycles. The largest absolute Gasteiger partial charge is 0.507 e. The van der Waals surface area contributed by atoms with Crippen molar-refractivity contribution in [2.45, 2.75) is 19.4 Å². The second-order valence-electron chi connectivity index (χ2n) is 4.84. The van der Waals surface area contributed by atoms with Gasteiger partial charge >= 0.3 is 5.97 Å². The lowest BCUT2D eigenvalue weighted by Crippen LogP contribution is -2.34. The van der Waals surface area contributed by atoms with E-state index in [9.17, 15) is 15.0 Å². The monoisotopic (exact) mass is 290 g/mol. The Balaban J connectivity index is 2.56. The van der Waals surface area contributed by atoms with E-state index in [1.54, 1.807) is 38.3 Å². The molecule has 1 atom stereocenters. The molecule has 5 heteroatoms. The summed E-state index contributed by atoms with van der Waals surface area (Å²) in [5, 5.41) is 22.0. The fourth-order valence-corrected chi connectivity index (χ4v) is 2.19. The van der Waals surface area contributed by atoms with Crippen molar-refractivity contribution in [2.75, 3.05) is 13.7 Å². The van der Waals surface area contributed by atoms with Gasteiger partial charge in [-0.3, -0.25) is 0 Å². The number of benzene rings is 2. The maximum atomic E-state index is 11.9. The van der Waals surface area contributed by atoms with Crippen LogP contribution < -0.4 is 4.74 Å². The third-order valence-corrected chi connectivity index (χ3v) is 3.40. The summed E-state index contributed by atoms with van der Waals surface area (Å²) >= 11 is 0. The van der Waals surface area contributed by atoms with Crippen LogP contribution >= 0.6 is 0 Å². The van der Waals surface area contributed by atoms with Gasteiger partial charge in [0.25, 0.3) is 0 Å². The van der Waals surface area contributed by atoms with Gasteiger partial charge in [0.15, 0.2) is 5.60 Å². The molecule has 1 unspecified atom stereocenters. The Morgan fingerprint density at radius 3 is 2.62 bits per heavy atom. The number of carbonyl (C=O) groups is 1. The van der Waals surface area contributed by atoms with Crippen LogP contribution in [0.1, 0.15) is 19.4 Å². The third kappa shape index (κ3) is 2.64. The second-order valence-corrected chi connectivity index (χ2v) is 4.84. The molecule has 0 aliphatic heterocycles. The van der Waals surface area contributed by atoms with Crippen molar-refractivity contribution in [3.63, 3.8) is 0 Å². The van der Waals surface area contributed by atoms with Crippen LogP contribution in [-0.2, 0) is 15.1 Å². The van der Waals surface area contributed by atoms with E-state index in [1.807, 2.05) is 0 Å². The molecule has 2 N–H and O–H groups in total. The summed E-state index contributed by atoms with van der Waals surface area (Å²) in [6.45, 7) is 3.11. The van der Waals surface area contributed by atoms with Gasteiger partial charge in [0.05, 0.1) is 13.7 Å². The molecule has 0 aromatic heterocycles. The molecular weight excluding hydrogens is 272 g/mol. The van der Waals surface area contributed by atoms with Crippen LogP contribution in [0.15, 0.2) is 30.3 Å². The van der Waals surface area contributed by atoms with Gasteiger partial charge in [0, 0.05) is 10.9 Å². The number of fused-ring (bicyclic) bond motifs is 1. The Morgan fingerprint density at radius 2 is 2.00 bits per heavy atom. The first-order valence-electron chi connectivity index (χ1n) is 6.61. The minimum absolute atomic E-state index is 0.110. The normalized spacial score (nSPS) is 13.7. The minimum Gasteiger partial charge on any atom is -0.507 e. The first kappa shape index (κ1) is 15.1. The molecular formula is C16H18O5. The summed E-state index contributed by atoms with van der Waals surface area (Å²) in [4.78, 5) is 11.9. The molecule has 2 aromatic rings. The van der Waals surface area contributed by atoms with Gasteiger partial charge in [-0.1, -0.05) is 12.1 Å². The lowest BCUT2D eigenvalue weighted by Gasteiger charge is -2.23. The predicted molar refractivity (Wildman–Crippen MR) is 78.4 cm³/mol. The standard InChI is InChI=1S/C16H18O5/c1-4-21-15(18)16(2,19)13-8-5-10-9-11(20-3)6-7-12(10)14(13)17/h5-9,17,19H,4H2,1-3H3. The molecule has 0 radical (unpaired) electrons. The SMILES string of the molecule is CCOC(=O)C(C)(O)c1ccc2cc(OC)ccc2c1O. The van der Waals surface area contributed by atoms with E-state index in [4.69, 9.17) is 9.47 Å². The molecule has 0 saturated heterocycles. The molecule has 5 nitrogen and oxygen atoms in total. The first-order valence-corrected chi connectivity index (χ1v) is 6.61. The number of aromatic hydroxyl groups is 1. The lowest BCUT2D eigenvalue weighted by atomic mass is 9.92. The lowest BCUT2D eigenvalue weighted by molar-refractivity contribution is -0.164.